The van der Waals surface area contributed by atoms with Crippen LogP contribution in [-0.2, 0) is 4.79 Å². The van der Waals surface area contributed by atoms with Crippen molar-refractivity contribution in [3.05, 3.63) is 24.3 Å². The smallest absolute Gasteiger partial charge is 0.239 e. The van der Waals surface area contributed by atoms with E-state index in [-0.39, 0.29) is 12.5 Å². The van der Waals surface area contributed by atoms with Crippen molar-refractivity contribution >= 4 is 11.6 Å². The van der Waals surface area contributed by atoms with Crippen LogP contribution in [0.1, 0.15) is 96.8 Å². The molecule has 0 fully saturated rings. The third-order valence-corrected chi connectivity index (χ3v) is 5.40. The van der Waals surface area contributed by atoms with Gasteiger partial charge in [-0.05, 0) is 18.6 Å². The quantitative estimate of drug-likeness (QED) is 0.252. The number of benzene rings is 1. The van der Waals surface area contributed by atoms with Gasteiger partial charge in [-0.15, -0.1) is 0 Å². The molecule has 0 aromatic heterocycles. The van der Waals surface area contributed by atoms with Gasteiger partial charge in [0.2, 0.25) is 5.91 Å². The van der Waals surface area contributed by atoms with Crippen LogP contribution < -0.4 is 15.4 Å². The minimum atomic E-state index is 0.0330. The van der Waals surface area contributed by atoms with Gasteiger partial charge in [0.15, 0.2) is 0 Å². The molecule has 2 N–H and O–H groups in total. The van der Waals surface area contributed by atoms with E-state index in [2.05, 4.69) is 17.6 Å². The van der Waals surface area contributed by atoms with Crippen molar-refractivity contribution in [2.24, 2.45) is 0 Å². The monoisotopic (exact) mass is 404 g/mol. The van der Waals surface area contributed by atoms with Crippen LogP contribution >= 0.6 is 0 Å². The molecule has 1 aromatic carbocycles. The summed E-state index contributed by atoms with van der Waals surface area (Å²) in [5.41, 5.74) is 0.849. The number of carbonyl (C=O) groups is 1. The zero-order valence-corrected chi connectivity index (χ0v) is 18.9. The Morgan fingerprint density at radius 2 is 1.31 bits per heavy atom. The van der Waals surface area contributed by atoms with Crippen LogP contribution in [0, 0.1) is 0 Å². The Morgan fingerprint density at radius 3 is 1.86 bits per heavy atom. The molecule has 0 bridgehead atoms. The molecule has 0 saturated heterocycles. The molecule has 1 rings (SSSR count). The summed E-state index contributed by atoms with van der Waals surface area (Å²) in [6, 6.07) is 7.64. The van der Waals surface area contributed by atoms with Crippen molar-refractivity contribution in [3.8, 4) is 5.75 Å². The Morgan fingerprint density at radius 1 is 0.793 bits per heavy atom. The minimum Gasteiger partial charge on any atom is -0.495 e. The minimum absolute atomic E-state index is 0.0330. The maximum atomic E-state index is 11.9. The Bertz CT molecular complexity index is 519. The van der Waals surface area contributed by atoms with Crippen LogP contribution in [0.3, 0.4) is 0 Å². The van der Waals surface area contributed by atoms with E-state index in [1.807, 2.05) is 24.3 Å². The molecule has 1 aromatic rings. The van der Waals surface area contributed by atoms with Crippen LogP contribution in [0.2, 0.25) is 0 Å². The summed E-state index contributed by atoms with van der Waals surface area (Å²) in [6.45, 7) is 3.32. The average Bonchev–Trinajstić information content (AvgIpc) is 2.75. The average molecular weight is 405 g/mol. The van der Waals surface area contributed by atoms with Gasteiger partial charge < -0.3 is 15.4 Å². The third-order valence-electron chi connectivity index (χ3n) is 5.40. The number of unbranched alkanes of at least 4 members (excludes halogenated alkanes) is 13. The topological polar surface area (TPSA) is 50.4 Å². The van der Waals surface area contributed by atoms with E-state index < -0.39 is 0 Å². The van der Waals surface area contributed by atoms with E-state index in [0.717, 1.165) is 24.4 Å². The van der Waals surface area contributed by atoms with Crippen molar-refractivity contribution in [1.82, 2.24) is 5.32 Å². The molecule has 0 aliphatic heterocycles. The molecular formula is C25H44N2O2. The maximum Gasteiger partial charge on any atom is 0.239 e. The van der Waals surface area contributed by atoms with Crippen LogP contribution in [0.15, 0.2) is 24.3 Å². The summed E-state index contributed by atoms with van der Waals surface area (Å²) in [5.74, 6) is 0.790. The number of carbonyl (C=O) groups excluding carboxylic acids is 1. The maximum absolute atomic E-state index is 11.9. The number of hydrogen-bond donors (Lipinski definition) is 2. The van der Waals surface area contributed by atoms with Crippen LogP contribution in [0.25, 0.3) is 0 Å². The predicted molar refractivity (Wildman–Crippen MR) is 125 cm³/mol. The van der Waals surface area contributed by atoms with Gasteiger partial charge in [0.1, 0.15) is 5.75 Å². The number of anilines is 1. The van der Waals surface area contributed by atoms with Crippen molar-refractivity contribution in [1.29, 1.82) is 0 Å². The molecule has 0 radical (unpaired) electrons. The number of amides is 1. The molecule has 0 saturated carbocycles. The molecule has 0 heterocycles. The molecule has 0 spiro atoms. The van der Waals surface area contributed by atoms with Crippen molar-refractivity contribution < 1.29 is 9.53 Å². The molecule has 4 heteroatoms. The number of ether oxygens (including phenoxy) is 1. The zero-order valence-electron chi connectivity index (χ0n) is 18.9. The van der Waals surface area contributed by atoms with Gasteiger partial charge in [0.05, 0.1) is 19.3 Å². The molecule has 166 valence electrons. The summed E-state index contributed by atoms with van der Waals surface area (Å²) >= 11 is 0. The highest BCUT2D eigenvalue weighted by Crippen LogP contribution is 2.22. The normalized spacial score (nSPS) is 10.7. The second-order valence-electron chi connectivity index (χ2n) is 8.00. The summed E-state index contributed by atoms with van der Waals surface area (Å²) in [7, 11) is 1.64. The number of hydrogen-bond acceptors (Lipinski definition) is 3. The first-order chi connectivity index (χ1) is 14.3. The van der Waals surface area contributed by atoms with E-state index in [0.29, 0.717) is 0 Å². The van der Waals surface area contributed by atoms with E-state index in [4.69, 9.17) is 4.74 Å². The van der Waals surface area contributed by atoms with Crippen LogP contribution in [0.4, 0.5) is 5.69 Å². The molecular weight excluding hydrogens is 360 g/mol. The Hall–Kier alpha value is -1.71. The van der Waals surface area contributed by atoms with Crippen molar-refractivity contribution in [3.63, 3.8) is 0 Å². The van der Waals surface area contributed by atoms with Gasteiger partial charge in [-0.3, -0.25) is 4.79 Å². The molecule has 1 amide bonds. The number of methoxy groups -OCH3 is 1. The van der Waals surface area contributed by atoms with Crippen molar-refractivity contribution in [2.45, 2.75) is 96.8 Å². The van der Waals surface area contributed by atoms with E-state index in [1.54, 1.807) is 7.11 Å². The molecule has 0 unspecified atom stereocenters. The first-order valence-corrected chi connectivity index (χ1v) is 11.9. The van der Waals surface area contributed by atoms with Gasteiger partial charge in [-0.25, -0.2) is 0 Å². The zero-order chi connectivity index (χ0) is 21.0. The molecule has 0 aliphatic carbocycles. The highest BCUT2D eigenvalue weighted by atomic mass is 16.5. The van der Waals surface area contributed by atoms with Gasteiger partial charge in [-0.1, -0.05) is 103 Å². The Labute approximate surface area is 179 Å². The highest BCUT2D eigenvalue weighted by Gasteiger charge is 2.04. The number of rotatable bonds is 19. The number of para-hydroxylation sites is 2. The number of nitrogens with one attached hydrogen (secondary N) is 2. The molecule has 29 heavy (non-hydrogen) atoms. The lowest BCUT2D eigenvalue weighted by atomic mass is 10.0. The fraction of sp³-hybridized carbons (Fsp3) is 0.720. The first-order valence-electron chi connectivity index (χ1n) is 11.9. The van der Waals surface area contributed by atoms with Gasteiger partial charge in [-0.2, -0.15) is 0 Å². The SMILES string of the molecule is CCCCCCCCCCCCCCCCNC(=O)CNc1ccccc1OC. The summed E-state index contributed by atoms with van der Waals surface area (Å²) in [6.07, 6.45) is 18.9. The predicted octanol–water partition coefficient (Wildman–Crippen LogP) is 6.70. The van der Waals surface area contributed by atoms with E-state index >= 15 is 0 Å². The third kappa shape index (κ3) is 14.0. The van der Waals surface area contributed by atoms with Crippen LogP contribution in [0.5, 0.6) is 5.75 Å². The lowest BCUT2D eigenvalue weighted by molar-refractivity contribution is -0.119. The fourth-order valence-electron chi connectivity index (χ4n) is 3.58. The van der Waals surface area contributed by atoms with E-state index in [9.17, 15) is 4.79 Å². The lowest BCUT2D eigenvalue weighted by Crippen LogP contribution is -2.30. The molecule has 0 aliphatic rings. The second kappa shape index (κ2) is 18.3. The summed E-state index contributed by atoms with van der Waals surface area (Å²) in [5, 5.41) is 6.12. The second-order valence-corrected chi connectivity index (χ2v) is 8.00. The largest absolute Gasteiger partial charge is 0.495 e. The summed E-state index contributed by atoms with van der Waals surface area (Å²) in [4.78, 5) is 11.9. The van der Waals surface area contributed by atoms with Crippen LogP contribution in [-0.4, -0.2) is 26.1 Å². The lowest BCUT2D eigenvalue weighted by Gasteiger charge is -2.11. The molecule has 4 nitrogen and oxygen atoms in total. The Kier molecular flexibility index (Phi) is 16.0. The standard InChI is InChI=1S/C25H44N2O2/c1-3-4-5-6-7-8-9-10-11-12-13-14-15-18-21-26-25(28)22-27-23-19-16-17-20-24(23)29-2/h16-17,19-20,27H,3-15,18,21-22H2,1-2H3,(H,26,28). The van der Waals surface area contributed by atoms with Crippen molar-refractivity contribution in [2.75, 3.05) is 25.5 Å². The first kappa shape index (κ1) is 25.3. The summed E-state index contributed by atoms with van der Waals surface area (Å²) < 4.78 is 5.27. The highest BCUT2D eigenvalue weighted by molar-refractivity contribution is 5.81. The van der Waals surface area contributed by atoms with Gasteiger partial charge in [0, 0.05) is 6.54 Å². The fourth-order valence-corrected chi connectivity index (χ4v) is 3.58. The van der Waals surface area contributed by atoms with Gasteiger partial charge in [0.25, 0.3) is 0 Å². The molecule has 0 atom stereocenters. The van der Waals surface area contributed by atoms with E-state index in [1.165, 1.54) is 83.5 Å². The van der Waals surface area contributed by atoms with Gasteiger partial charge >= 0.3 is 0 Å². The Balaban J connectivity index is 1.85.